The molecule has 3 heteroatoms. The summed E-state index contributed by atoms with van der Waals surface area (Å²) in [5, 5.41) is 30.1. The summed E-state index contributed by atoms with van der Waals surface area (Å²) in [5.74, 6) is 1.44. The van der Waals surface area contributed by atoms with Gasteiger partial charge in [0.1, 0.15) is 0 Å². The molecule has 0 radical (unpaired) electrons. The van der Waals surface area contributed by atoms with Crippen LogP contribution in [0.3, 0.4) is 0 Å². The number of allylic oxidation sites excluding steroid dienone is 3. The lowest BCUT2D eigenvalue weighted by Crippen LogP contribution is -2.43. The van der Waals surface area contributed by atoms with Crippen LogP contribution in [-0.4, -0.2) is 33.1 Å². The highest BCUT2D eigenvalue weighted by Crippen LogP contribution is 2.67. The van der Waals surface area contributed by atoms with Crippen LogP contribution in [0.15, 0.2) is 23.3 Å². The second-order valence-corrected chi connectivity index (χ2v) is 11.9. The van der Waals surface area contributed by atoms with Crippen molar-refractivity contribution in [3.8, 4) is 0 Å². The molecule has 0 aromatic rings. The summed E-state index contributed by atoms with van der Waals surface area (Å²) < 4.78 is 0. The zero-order valence-electron chi connectivity index (χ0n) is 20.1. The van der Waals surface area contributed by atoms with Crippen molar-refractivity contribution in [1.29, 1.82) is 0 Å². The molecule has 3 aliphatic rings. The first-order valence-electron chi connectivity index (χ1n) is 12.4. The Morgan fingerprint density at radius 3 is 2.40 bits per heavy atom. The highest BCUT2D eigenvalue weighted by atomic mass is 16.3. The molecule has 3 saturated carbocycles. The Balaban J connectivity index is 1.73. The van der Waals surface area contributed by atoms with Crippen molar-refractivity contribution in [3.05, 3.63) is 23.3 Å². The summed E-state index contributed by atoms with van der Waals surface area (Å²) in [5.41, 5.74) is 2.82. The fraction of sp³-hybridized carbons (Fsp3) is 0.852. The molecule has 0 aromatic carbocycles. The number of hydrogen-bond acceptors (Lipinski definition) is 3. The van der Waals surface area contributed by atoms with Crippen molar-refractivity contribution in [2.75, 3.05) is 0 Å². The van der Waals surface area contributed by atoms with E-state index in [1.54, 1.807) is 5.57 Å². The smallest absolute Gasteiger partial charge is 0.0602 e. The third kappa shape index (κ3) is 5.05. The molecule has 3 N–H and O–H groups in total. The van der Waals surface area contributed by atoms with Crippen molar-refractivity contribution >= 4 is 0 Å². The molecule has 0 aromatic heterocycles. The van der Waals surface area contributed by atoms with E-state index < -0.39 is 17.8 Å². The van der Waals surface area contributed by atoms with Gasteiger partial charge in [0.15, 0.2) is 0 Å². The number of fused-ring (bicyclic) bond motifs is 1. The monoisotopic (exact) mass is 418 g/mol. The number of aliphatic hydroxyl groups is 3. The van der Waals surface area contributed by atoms with Gasteiger partial charge in [0, 0.05) is 0 Å². The summed E-state index contributed by atoms with van der Waals surface area (Å²) in [6.45, 7) is 11.3. The topological polar surface area (TPSA) is 60.7 Å². The fourth-order valence-electron chi connectivity index (χ4n) is 7.13. The Bertz CT molecular complexity index is 646. The van der Waals surface area contributed by atoms with Gasteiger partial charge >= 0.3 is 0 Å². The van der Waals surface area contributed by atoms with Gasteiger partial charge in [0.2, 0.25) is 0 Å². The maximum absolute atomic E-state index is 10.1. The van der Waals surface area contributed by atoms with Crippen LogP contribution in [0.1, 0.15) is 105 Å². The van der Waals surface area contributed by atoms with Gasteiger partial charge in [-0.25, -0.2) is 0 Å². The molecule has 0 unspecified atom stereocenters. The molecule has 0 saturated heterocycles. The molecule has 0 spiro atoms. The summed E-state index contributed by atoms with van der Waals surface area (Å²) >= 11 is 0. The Morgan fingerprint density at radius 2 is 1.77 bits per heavy atom. The first-order chi connectivity index (χ1) is 13.9. The molecule has 172 valence electrons. The highest BCUT2D eigenvalue weighted by Gasteiger charge is 2.57. The van der Waals surface area contributed by atoms with Crippen molar-refractivity contribution in [2.24, 2.45) is 22.7 Å². The van der Waals surface area contributed by atoms with E-state index in [-0.39, 0.29) is 5.41 Å². The van der Waals surface area contributed by atoms with Crippen LogP contribution in [-0.2, 0) is 0 Å². The molecule has 3 fully saturated rings. The largest absolute Gasteiger partial charge is 0.393 e. The van der Waals surface area contributed by atoms with E-state index in [2.05, 4.69) is 32.9 Å². The molecule has 0 heterocycles. The first-order valence-corrected chi connectivity index (χ1v) is 12.4. The van der Waals surface area contributed by atoms with Gasteiger partial charge in [-0.1, -0.05) is 56.9 Å². The zero-order valence-corrected chi connectivity index (χ0v) is 20.1. The molecular weight excluding hydrogens is 372 g/mol. The Labute approximate surface area is 184 Å². The third-order valence-corrected chi connectivity index (χ3v) is 9.08. The second-order valence-electron chi connectivity index (χ2n) is 11.9. The summed E-state index contributed by atoms with van der Waals surface area (Å²) in [4.78, 5) is 0. The van der Waals surface area contributed by atoms with Crippen molar-refractivity contribution in [3.63, 3.8) is 0 Å². The van der Waals surface area contributed by atoms with Gasteiger partial charge in [-0.2, -0.15) is 0 Å². The fourth-order valence-corrected chi connectivity index (χ4v) is 7.13. The quantitative estimate of drug-likeness (QED) is 0.501. The van der Waals surface area contributed by atoms with E-state index >= 15 is 0 Å². The predicted molar refractivity (Wildman–Crippen MR) is 124 cm³/mol. The van der Waals surface area contributed by atoms with Gasteiger partial charge < -0.3 is 15.3 Å². The maximum atomic E-state index is 10.1. The molecule has 30 heavy (non-hydrogen) atoms. The molecule has 0 bridgehead atoms. The lowest BCUT2D eigenvalue weighted by atomic mass is 9.53. The van der Waals surface area contributed by atoms with E-state index in [0.717, 1.165) is 18.8 Å². The van der Waals surface area contributed by atoms with Gasteiger partial charge in [-0.3, -0.25) is 0 Å². The van der Waals surface area contributed by atoms with Gasteiger partial charge in [0.25, 0.3) is 0 Å². The van der Waals surface area contributed by atoms with Crippen LogP contribution in [0.4, 0.5) is 0 Å². The van der Waals surface area contributed by atoms with E-state index in [1.807, 2.05) is 13.8 Å². The molecule has 3 rings (SSSR count). The summed E-state index contributed by atoms with van der Waals surface area (Å²) in [7, 11) is 0. The van der Waals surface area contributed by atoms with Crippen LogP contribution in [0.2, 0.25) is 0 Å². The molecule has 6 atom stereocenters. The Morgan fingerprint density at radius 1 is 1.10 bits per heavy atom. The van der Waals surface area contributed by atoms with Gasteiger partial charge in [-0.15, -0.1) is 0 Å². The van der Waals surface area contributed by atoms with E-state index in [1.165, 1.54) is 44.1 Å². The SMILES string of the molecule is C[C@H](CCCC(C)(C)O)[C@H]1CC[C@@]2(C)/C(=C\C=C3C[C@@H](O)C[C@H](O)C3)CCC[C@]12C. The predicted octanol–water partition coefficient (Wildman–Crippen LogP) is 5.93. The summed E-state index contributed by atoms with van der Waals surface area (Å²) in [6, 6.07) is 0. The number of rotatable bonds is 6. The van der Waals surface area contributed by atoms with Crippen molar-refractivity contribution in [1.82, 2.24) is 0 Å². The van der Waals surface area contributed by atoms with Crippen LogP contribution in [0, 0.1) is 22.7 Å². The third-order valence-electron chi connectivity index (χ3n) is 9.08. The van der Waals surface area contributed by atoms with Crippen LogP contribution < -0.4 is 0 Å². The minimum atomic E-state index is -0.553. The van der Waals surface area contributed by atoms with E-state index in [0.29, 0.717) is 30.6 Å². The summed E-state index contributed by atoms with van der Waals surface area (Å²) in [6.07, 6.45) is 15.2. The highest BCUT2D eigenvalue weighted by molar-refractivity contribution is 5.30. The lowest BCUT2D eigenvalue weighted by Gasteiger charge is -2.51. The maximum Gasteiger partial charge on any atom is 0.0602 e. The average Bonchev–Trinajstić information content (AvgIpc) is 2.90. The minimum Gasteiger partial charge on any atom is -0.393 e. The van der Waals surface area contributed by atoms with Crippen LogP contribution >= 0.6 is 0 Å². The van der Waals surface area contributed by atoms with Crippen LogP contribution in [0.25, 0.3) is 0 Å². The first kappa shape index (κ1) is 24.0. The zero-order chi connectivity index (χ0) is 22.2. The minimum absolute atomic E-state index is 0.253. The molecule has 3 nitrogen and oxygen atoms in total. The Hall–Kier alpha value is -0.640. The second kappa shape index (κ2) is 9.08. The van der Waals surface area contributed by atoms with E-state index in [9.17, 15) is 15.3 Å². The molecular formula is C27H46O3. The van der Waals surface area contributed by atoms with Crippen LogP contribution in [0.5, 0.6) is 0 Å². The van der Waals surface area contributed by atoms with Gasteiger partial charge in [-0.05, 0) is 94.3 Å². The average molecular weight is 419 g/mol. The molecule has 0 amide bonds. The Kier molecular flexibility index (Phi) is 7.27. The van der Waals surface area contributed by atoms with Gasteiger partial charge in [0.05, 0.1) is 17.8 Å². The van der Waals surface area contributed by atoms with Crippen molar-refractivity contribution < 1.29 is 15.3 Å². The number of hydrogen-bond donors (Lipinski definition) is 3. The normalized spacial score (nSPS) is 39.8. The van der Waals surface area contributed by atoms with E-state index in [4.69, 9.17) is 0 Å². The number of aliphatic hydroxyl groups excluding tert-OH is 2. The lowest BCUT2D eigenvalue weighted by molar-refractivity contribution is 0.0299. The molecule has 3 aliphatic carbocycles. The van der Waals surface area contributed by atoms with Crippen molar-refractivity contribution in [2.45, 2.75) is 123 Å². The molecule has 0 aliphatic heterocycles. The standard InChI is InChI=1S/C27H46O3/c1-19(8-6-13-25(2,3)30)24-12-15-26(4)21(9-7-14-27(24,26)5)11-10-20-16-22(28)18-23(29)17-20/h10-11,19,22-24,28-30H,6-9,12-18H2,1-5H3/b21-11-/t19-,22-,23-,24-,26+,27-/m1/s1.